The number of nitrogens with zero attached hydrogens (tertiary/aromatic N) is 1. The van der Waals surface area contributed by atoms with E-state index in [1.54, 1.807) is 0 Å². The van der Waals surface area contributed by atoms with E-state index in [1.165, 1.54) is 0 Å². The van der Waals surface area contributed by atoms with Crippen molar-refractivity contribution in [2.75, 3.05) is 19.0 Å². The van der Waals surface area contributed by atoms with Gasteiger partial charge in [0.15, 0.2) is 5.17 Å². The van der Waals surface area contributed by atoms with Gasteiger partial charge in [-0.15, -0.1) is 0 Å². The van der Waals surface area contributed by atoms with Crippen molar-refractivity contribution in [2.45, 2.75) is 46.7 Å². The molecule has 1 heterocycles. The minimum atomic E-state index is 0.363. The van der Waals surface area contributed by atoms with Gasteiger partial charge in [-0.05, 0) is 25.7 Å². The number of amidine groups is 1. The minimum absolute atomic E-state index is 0.363. The molecule has 1 N–H and O–H groups in total. The summed E-state index contributed by atoms with van der Waals surface area (Å²) in [6.07, 6.45) is 0. The molecular formula is C13H26N2OS. The third-order valence-electron chi connectivity index (χ3n) is 3.24. The molecule has 0 spiro atoms. The fourth-order valence-electron chi connectivity index (χ4n) is 1.58. The van der Waals surface area contributed by atoms with Gasteiger partial charge >= 0.3 is 0 Å². The highest BCUT2D eigenvalue weighted by molar-refractivity contribution is 8.13. The first-order chi connectivity index (χ1) is 8.04. The number of hydrogen-bond acceptors (Lipinski definition) is 4. The van der Waals surface area contributed by atoms with E-state index >= 15 is 0 Å². The molecule has 0 aromatic carbocycles. The maximum absolute atomic E-state index is 5.52. The maximum Gasteiger partial charge on any atom is 0.157 e. The third kappa shape index (κ3) is 4.88. The summed E-state index contributed by atoms with van der Waals surface area (Å²) in [5.41, 5.74) is 0. The molecule has 0 aliphatic carbocycles. The lowest BCUT2D eigenvalue weighted by atomic mass is 10.1. The molecule has 0 radical (unpaired) electrons. The number of rotatable bonds is 5. The van der Waals surface area contributed by atoms with Gasteiger partial charge in [0.2, 0.25) is 0 Å². The fourth-order valence-corrected chi connectivity index (χ4v) is 2.76. The van der Waals surface area contributed by atoms with Gasteiger partial charge in [0.05, 0.1) is 18.7 Å². The van der Waals surface area contributed by atoms with Crippen LogP contribution >= 0.6 is 11.8 Å². The Morgan fingerprint density at radius 3 is 2.71 bits per heavy atom. The molecule has 0 saturated heterocycles. The van der Waals surface area contributed by atoms with Crippen LogP contribution in [0.5, 0.6) is 0 Å². The predicted molar refractivity (Wildman–Crippen MR) is 76.8 cm³/mol. The van der Waals surface area contributed by atoms with Gasteiger partial charge in [-0.1, -0.05) is 32.5 Å². The highest BCUT2D eigenvalue weighted by Crippen LogP contribution is 2.22. The largest absolute Gasteiger partial charge is 0.380 e. The zero-order chi connectivity index (χ0) is 12.8. The molecule has 1 aliphatic rings. The molecule has 0 fully saturated rings. The van der Waals surface area contributed by atoms with Crippen LogP contribution in [0.1, 0.15) is 34.6 Å². The summed E-state index contributed by atoms with van der Waals surface area (Å²) >= 11 is 1.84. The average molecular weight is 258 g/mol. The number of ether oxygens (including phenoxy) is 1. The first-order valence-corrected chi connectivity index (χ1v) is 7.58. The van der Waals surface area contributed by atoms with Crippen LogP contribution in [-0.4, -0.2) is 36.2 Å². The molecule has 0 amide bonds. The van der Waals surface area contributed by atoms with Crippen molar-refractivity contribution in [1.29, 1.82) is 0 Å². The van der Waals surface area contributed by atoms with Crippen molar-refractivity contribution in [2.24, 2.45) is 16.8 Å². The Bertz CT molecular complexity index is 256. The summed E-state index contributed by atoms with van der Waals surface area (Å²) in [6.45, 7) is 12.5. The Balaban J connectivity index is 2.52. The van der Waals surface area contributed by atoms with E-state index in [1.807, 2.05) is 18.7 Å². The van der Waals surface area contributed by atoms with Gasteiger partial charge in [0, 0.05) is 12.4 Å². The van der Waals surface area contributed by atoms with Crippen molar-refractivity contribution in [3.63, 3.8) is 0 Å². The Hall–Kier alpha value is -0.220. The topological polar surface area (TPSA) is 33.6 Å². The lowest BCUT2D eigenvalue weighted by Gasteiger charge is -2.28. The first-order valence-electron chi connectivity index (χ1n) is 6.59. The molecule has 1 rings (SSSR count). The van der Waals surface area contributed by atoms with Crippen LogP contribution in [0.15, 0.2) is 4.99 Å². The molecule has 1 aliphatic heterocycles. The van der Waals surface area contributed by atoms with Gasteiger partial charge in [0.1, 0.15) is 0 Å². The summed E-state index contributed by atoms with van der Waals surface area (Å²) < 4.78 is 5.52. The number of thioether (sulfide) groups is 1. The highest BCUT2D eigenvalue weighted by atomic mass is 32.2. The van der Waals surface area contributed by atoms with E-state index in [0.717, 1.165) is 24.1 Å². The fraction of sp³-hybridized carbons (Fsp3) is 0.923. The zero-order valence-corrected chi connectivity index (χ0v) is 12.5. The van der Waals surface area contributed by atoms with Gasteiger partial charge in [0.25, 0.3) is 0 Å². The second-order valence-electron chi connectivity index (χ2n) is 5.12. The van der Waals surface area contributed by atoms with Crippen molar-refractivity contribution >= 4 is 16.9 Å². The summed E-state index contributed by atoms with van der Waals surface area (Å²) in [6, 6.07) is 0.792. The zero-order valence-electron chi connectivity index (χ0n) is 11.7. The molecule has 0 saturated carbocycles. The maximum atomic E-state index is 5.52. The van der Waals surface area contributed by atoms with E-state index in [-0.39, 0.29) is 0 Å². The highest BCUT2D eigenvalue weighted by Gasteiger charge is 2.22. The Morgan fingerprint density at radius 1 is 1.47 bits per heavy atom. The van der Waals surface area contributed by atoms with Gasteiger partial charge in [-0.3, -0.25) is 4.99 Å². The molecule has 100 valence electrons. The van der Waals surface area contributed by atoms with Gasteiger partial charge < -0.3 is 10.1 Å². The quantitative estimate of drug-likeness (QED) is 0.823. The van der Waals surface area contributed by atoms with E-state index in [0.29, 0.717) is 23.9 Å². The summed E-state index contributed by atoms with van der Waals surface area (Å²) in [4.78, 5) is 4.71. The molecule has 3 nitrogen and oxygen atoms in total. The first kappa shape index (κ1) is 14.8. The third-order valence-corrected chi connectivity index (χ3v) is 4.43. The van der Waals surface area contributed by atoms with Crippen molar-refractivity contribution in [3.8, 4) is 0 Å². The van der Waals surface area contributed by atoms with Crippen LogP contribution in [0.25, 0.3) is 0 Å². The van der Waals surface area contributed by atoms with Crippen LogP contribution in [-0.2, 0) is 4.74 Å². The monoisotopic (exact) mass is 258 g/mol. The molecule has 4 heteroatoms. The van der Waals surface area contributed by atoms with E-state index < -0.39 is 0 Å². The second-order valence-corrected chi connectivity index (χ2v) is 6.13. The minimum Gasteiger partial charge on any atom is -0.380 e. The Kier molecular flexibility index (Phi) is 6.34. The van der Waals surface area contributed by atoms with Gasteiger partial charge in [-0.2, -0.15) is 0 Å². The average Bonchev–Trinajstić information content (AvgIpc) is 2.28. The lowest BCUT2D eigenvalue weighted by molar-refractivity contribution is 0.115. The second kappa shape index (κ2) is 7.27. The summed E-state index contributed by atoms with van der Waals surface area (Å²) in [7, 11) is 0. The van der Waals surface area contributed by atoms with Crippen LogP contribution < -0.4 is 5.32 Å². The lowest BCUT2D eigenvalue weighted by Crippen LogP contribution is -2.42. The van der Waals surface area contributed by atoms with E-state index in [2.05, 4.69) is 33.0 Å². The molecule has 0 aromatic heterocycles. The van der Waals surface area contributed by atoms with Crippen molar-refractivity contribution < 1.29 is 4.74 Å². The number of aliphatic imine (C=N–C) groups is 1. The summed E-state index contributed by atoms with van der Waals surface area (Å²) in [5, 5.41) is 4.62. The van der Waals surface area contributed by atoms with Crippen LogP contribution in [0.2, 0.25) is 0 Å². The molecule has 17 heavy (non-hydrogen) atoms. The van der Waals surface area contributed by atoms with Crippen LogP contribution in [0.3, 0.4) is 0 Å². The standard InChI is InChI=1S/C13H26N2OS/c1-6-16-7-12(9(2)3)15-13-14-11(5)10(4)8-17-13/h9-12H,6-8H2,1-5H3,(H,14,15). The molecule has 3 atom stereocenters. The van der Waals surface area contributed by atoms with Gasteiger partial charge in [-0.25, -0.2) is 0 Å². The Labute approximate surface area is 110 Å². The smallest absolute Gasteiger partial charge is 0.157 e. The van der Waals surface area contributed by atoms with E-state index in [9.17, 15) is 0 Å². The normalized spacial score (nSPS) is 26.8. The molecular weight excluding hydrogens is 232 g/mol. The van der Waals surface area contributed by atoms with Crippen LogP contribution in [0, 0.1) is 11.8 Å². The van der Waals surface area contributed by atoms with E-state index in [4.69, 9.17) is 9.73 Å². The van der Waals surface area contributed by atoms with Crippen molar-refractivity contribution in [3.05, 3.63) is 0 Å². The summed E-state index contributed by atoms with van der Waals surface area (Å²) in [5.74, 6) is 2.39. The number of hydrogen-bond donors (Lipinski definition) is 1. The molecule has 0 bridgehead atoms. The number of nitrogens with one attached hydrogen (secondary N) is 1. The molecule has 0 aromatic rings. The van der Waals surface area contributed by atoms with Crippen molar-refractivity contribution in [1.82, 2.24) is 5.32 Å². The Morgan fingerprint density at radius 2 is 2.18 bits per heavy atom. The predicted octanol–water partition coefficient (Wildman–Crippen LogP) is 2.76. The molecule has 3 unspecified atom stereocenters. The SMILES string of the molecule is CCOCC(NC1=NC(C)C(C)CS1)C(C)C. The van der Waals surface area contributed by atoms with Crippen LogP contribution in [0.4, 0.5) is 0 Å².